The van der Waals surface area contributed by atoms with Gasteiger partial charge in [0.1, 0.15) is 5.75 Å². The molecule has 0 spiro atoms. The van der Waals surface area contributed by atoms with Gasteiger partial charge in [0.25, 0.3) is 0 Å². The molecule has 21 heavy (non-hydrogen) atoms. The topological polar surface area (TPSA) is 21.3 Å². The molecule has 0 aliphatic rings. The first-order chi connectivity index (χ1) is 10.1. The highest BCUT2D eigenvalue weighted by atomic mass is 35.5. The van der Waals surface area contributed by atoms with Gasteiger partial charge in [0.05, 0.1) is 6.61 Å². The van der Waals surface area contributed by atoms with Gasteiger partial charge in [0.15, 0.2) is 0 Å². The van der Waals surface area contributed by atoms with Crippen LogP contribution in [0.1, 0.15) is 24.3 Å². The molecule has 0 saturated heterocycles. The zero-order valence-electron chi connectivity index (χ0n) is 12.6. The van der Waals surface area contributed by atoms with E-state index in [0.717, 1.165) is 35.8 Å². The minimum atomic E-state index is 0.632. The standard InChI is InChI=1S/C17H22ClNOS/c1-13(2)11-19-12-14-10-15(18)5-6-17(14)20-8-7-16-4-3-9-21-16/h3-6,9-10,13,19H,7-8,11-12H2,1-2H3. The lowest BCUT2D eigenvalue weighted by Gasteiger charge is -2.13. The Morgan fingerprint density at radius 2 is 2.14 bits per heavy atom. The van der Waals surface area contributed by atoms with Gasteiger partial charge >= 0.3 is 0 Å². The Kier molecular flexibility index (Phi) is 6.55. The van der Waals surface area contributed by atoms with Gasteiger partial charge < -0.3 is 10.1 Å². The van der Waals surface area contributed by atoms with Crippen LogP contribution in [0.4, 0.5) is 0 Å². The fourth-order valence-electron chi connectivity index (χ4n) is 2.04. The predicted molar refractivity (Wildman–Crippen MR) is 91.5 cm³/mol. The summed E-state index contributed by atoms with van der Waals surface area (Å²) in [5.74, 6) is 1.56. The molecule has 0 aliphatic carbocycles. The summed E-state index contributed by atoms with van der Waals surface area (Å²) in [4.78, 5) is 1.35. The summed E-state index contributed by atoms with van der Waals surface area (Å²) in [6, 6.07) is 10.0. The zero-order valence-corrected chi connectivity index (χ0v) is 14.1. The predicted octanol–water partition coefficient (Wildman–Crippen LogP) is 4.77. The van der Waals surface area contributed by atoms with Crippen molar-refractivity contribution >= 4 is 22.9 Å². The average molecular weight is 324 g/mol. The van der Waals surface area contributed by atoms with Gasteiger partial charge in [-0.1, -0.05) is 31.5 Å². The van der Waals surface area contributed by atoms with Crippen molar-refractivity contribution in [1.29, 1.82) is 0 Å². The fraction of sp³-hybridized carbons (Fsp3) is 0.412. The Hall–Kier alpha value is -1.03. The normalized spacial score (nSPS) is 11.0. The molecule has 1 heterocycles. The zero-order chi connectivity index (χ0) is 15.1. The third-order valence-corrected chi connectivity index (χ3v) is 4.25. The van der Waals surface area contributed by atoms with E-state index in [1.54, 1.807) is 11.3 Å². The van der Waals surface area contributed by atoms with Crippen molar-refractivity contribution in [3.63, 3.8) is 0 Å². The van der Waals surface area contributed by atoms with Gasteiger partial charge in [-0.05, 0) is 42.1 Å². The fourth-order valence-corrected chi connectivity index (χ4v) is 2.92. The molecule has 2 rings (SSSR count). The summed E-state index contributed by atoms with van der Waals surface area (Å²) < 4.78 is 5.93. The Balaban J connectivity index is 1.90. The molecule has 0 aliphatic heterocycles. The first kappa shape index (κ1) is 16.3. The van der Waals surface area contributed by atoms with Crippen LogP contribution in [0.15, 0.2) is 35.7 Å². The van der Waals surface area contributed by atoms with Gasteiger partial charge in [-0.25, -0.2) is 0 Å². The molecule has 0 fully saturated rings. The van der Waals surface area contributed by atoms with E-state index < -0.39 is 0 Å². The molecule has 1 aromatic heterocycles. The first-order valence-corrected chi connectivity index (χ1v) is 8.55. The van der Waals surface area contributed by atoms with E-state index in [4.69, 9.17) is 16.3 Å². The summed E-state index contributed by atoms with van der Waals surface area (Å²) in [6.07, 6.45) is 0.944. The first-order valence-electron chi connectivity index (χ1n) is 7.29. The van der Waals surface area contributed by atoms with Crippen molar-refractivity contribution in [2.45, 2.75) is 26.8 Å². The van der Waals surface area contributed by atoms with E-state index in [2.05, 4.69) is 36.7 Å². The largest absolute Gasteiger partial charge is 0.493 e. The molecule has 0 bridgehead atoms. The van der Waals surface area contributed by atoms with Gasteiger partial charge in [-0.2, -0.15) is 0 Å². The van der Waals surface area contributed by atoms with Crippen molar-refractivity contribution in [3.05, 3.63) is 51.2 Å². The highest BCUT2D eigenvalue weighted by molar-refractivity contribution is 7.09. The molecule has 114 valence electrons. The number of halogens is 1. The monoisotopic (exact) mass is 323 g/mol. The van der Waals surface area contributed by atoms with Crippen molar-refractivity contribution in [2.24, 2.45) is 5.92 Å². The number of thiophene rings is 1. The summed E-state index contributed by atoms with van der Waals surface area (Å²) in [5, 5.41) is 6.28. The Morgan fingerprint density at radius 1 is 1.29 bits per heavy atom. The Bertz CT molecular complexity index is 540. The maximum Gasteiger partial charge on any atom is 0.123 e. The molecule has 2 aromatic rings. The number of hydrogen-bond acceptors (Lipinski definition) is 3. The smallest absolute Gasteiger partial charge is 0.123 e. The minimum absolute atomic E-state index is 0.632. The number of nitrogens with one attached hydrogen (secondary N) is 1. The van der Waals surface area contributed by atoms with Crippen LogP contribution in [0.5, 0.6) is 5.75 Å². The lowest BCUT2D eigenvalue weighted by molar-refractivity contribution is 0.318. The Labute approximate surface area is 136 Å². The molecule has 0 saturated carbocycles. The van der Waals surface area contributed by atoms with Crippen LogP contribution in [-0.4, -0.2) is 13.2 Å². The molecule has 0 unspecified atom stereocenters. The minimum Gasteiger partial charge on any atom is -0.493 e. The molecule has 4 heteroatoms. The molecular weight excluding hydrogens is 302 g/mol. The molecule has 1 N–H and O–H groups in total. The molecule has 2 nitrogen and oxygen atoms in total. The molecule has 0 atom stereocenters. The number of hydrogen-bond donors (Lipinski definition) is 1. The van der Waals surface area contributed by atoms with Crippen LogP contribution in [0.25, 0.3) is 0 Å². The van der Waals surface area contributed by atoms with E-state index in [-0.39, 0.29) is 0 Å². The maximum absolute atomic E-state index is 6.09. The van der Waals surface area contributed by atoms with Gasteiger partial charge in [-0.15, -0.1) is 11.3 Å². The highest BCUT2D eigenvalue weighted by Gasteiger charge is 2.06. The highest BCUT2D eigenvalue weighted by Crippen LogP contribution is 2.23. The SMILES string of the molecule is CC(C)CNCc1cc(Cl)ccc1OCCc1cccs1. The molecule has 1 aromatic carbocycles. The summed E-state index contributed by atoms with van der Waals surface area (Å²) in [7, 11) is 0. The van der Waals surface area contributed by atoms with Crippen LogP contribution in [0.2, 0.25) is 5.02 Å². The Morgan fingerprint density at radius 3 is 2.86 bits per heavy atom. The van der Waals surface area contributed by atoms with Gasteiger partial charge in [0, 0.05) is 28.4 Å². The van der Waals surface area contributed by atoms with Gasteiger partial charge in [0.2, 0.25) is 0 Å². The van der Waals surface area contributed by atoms with Crippen molar-refractivity contribution in [3.8, 4) is 5.75 Å². The lowest BCUT2D eigenvalue weighted by atomic mass is 10.1. The average Bonchev–Trinajstić information content (AvgIpc) is 2.94. The third-order valence-electron chi connectivity index (χ3n) is 3.08. The van der Waals surface area contributed by atoms with Crippen LogP contribution in [0, 0.1) is 5.92 Å². The summed E-state index contributed by atoms with van der Waals surface area (Å²) in [5.41, 5.74) is 1.12. The van der Waals surface area contributed by atoms with Crippen molar-refractivity contribution in [1.82, 2.24) is 5.32 Å². The lowest BCUT2D eigenvalue weighted by Crippen LogP contribution is -2.19. The molecule has 0 radical (unpaired) electrons. The van der Waals surface area contributed by atoms with Crippen LogP contribution in [-0.2, 0) is 13.0 Å². The second-order valence-corrected chi connectivity index (χ2v) is 6.92. The third kappa shape index (κ3) is 5.70. The maximum atomic E-state index is 6.09. The van der Waals surface area contributed by atoms with Crippen molar-refractivity contribution < 1.29 is 4.74 Å². The number of ether oxygens (including phenoxy) is 1. The number of benzene rings is 1. The van der Waals surface area contributed by atoms with E-state index in [0.29, 0.717) is 12.5 Å². The second-order valence-electron chi connectivity index (χ2n) is 5.45. The van der Waals surface area contributed by atoms with E-state index in [1.165, 1.54) is 4.88 Å². The summed E-state index contributed by atoms with van der Waals surface area (Å²) in [6.45, 7) is 6.86. The van der Waals surface area contributed by atoms with E-state index >= 15 is 0 Å². The van der Waals surface area contributed by atoms with E-state index in [1.807, 2.05) is 18.2 Å². The summed E-state index contributed by atoms with van der Waals surface area (Å²) >= 11 is 7.86. The van der Waals surface area contributed by atoms with Crippen molar-refractivity contribution in [2.75, 3.05) is 13.2 Å². The van der Waals surface area contributed by atoms with E-state index in [9.17, 15) is 0 Å². The number of rotatable bonds is 8. The van der Waals surface area contributed by atoms with Crippen LogP contribution in [0.3, 0.4) is 0 Å². The second kappa shape index (κ2) is 8.42. The molecule has 0 amide bonds. The molecular formula is C17H22ClNOS. The van der Waals surface area contributed by atoms with Gasteiger partial charge in [-0.3, -0.25) is 0 Å². The quantitative estimate of drug-likeness (QED) is 0.755. The van der Waals surface area contributed by atoms with Crippen LogP contribution < -0.4 is 10.1 Å². The van der Waals surface area contributed by atoms with Crippen LogP contribution >= 0.6 is 22.9 Å².